The summed E-state index contributed by atoms with van der Waals surface area (Å²) in [4.78, 5) is 4.35. The molecule has 4 aromatic heterocycles. The molecule has 0 aliphatic carbocycles. The summed E-state index contributed by atoms with van der Waals surface area (Å²) in [6, 6.07) is 31.1. The fourth-order valence-corrected chi connectivity index (χ4v) is 11.4. The van der Waals surface area contributed by atoms with Crippen LogP contribution in [0.5, 0.6) is 0 Å². The van der Waals surface area contributed by atoms with Gasteiger partial charge in [0.05, 0.1) is 71.4 Å². The summed E-state index contributed by atoms with van der Waals surface area (Å²) in [5.41, 5.74) is 4.05. The number of nitriles is 1. The van der Waals surface area contributed by atoms with Gasteiger partial charge >= 0.3 is 0 Å². The first-order valence-electron chi connectivity index (χ1n) is 25.6. The molecule has 0 aliphatic heterocycles. The van der Waals surface area contributed by atoms with Crippen molar-refractivity contribution in [2.45, 2.75) is 0 Å². The summed E-state index contributed by atoms with van der Waals surface area (Å²) in [6.07, 6.45) is 0. The largest absolute Gasteiger partial charge is 0.318 e. The predicted octanol–water partition coefficient (Wildman–Crippen LogP) is 16.4. The van der Waals surface area contributed by atoms with Crippen molar-refractivity contribution < 1.29 is 16.4 Å². The molecule has 0 aliphatic rings. The molecule has 4 nitrogen and oxygen atoms in total. The van der Waals surface area contributed by atoms with Gasteiger partial charge in [0.1, 0.15) is 6.07 Å². The van der Waals surface area contributed by atoms with Gasteiger partial charge in [-0.1, -0.05) is 157 Å². The van der Waals surface area contributed by atoms with Gasteiger partial charge in [0.2, 0.25) is 5.69 Å². The number of hydrogen-bond donors (Lipinski definition) is 0. The van der Waals surface area contributed by atoms with E-state index in [0.29, 0.717) is 22.4 Å². The number of rotatable bonds is 4. The standard InChI is InChI=1S/C56H30N4S2/c1-58-50-48(33-16-4-2-5-17-33)43(32-57)51(49(34-18-6-3-7-19-34)54(50)59-44-24-12-8-20-35(44)36-21-9-13-25-45(36)59)60-52-39(28-30-41-37-22-10-14-26-46(37)61-55(41)52)40-29-31-42-38-23-11-15-27-47(38)62-56(42)53(40)60/h2-31H/i10D,11D,14D,15D,22D,23D,26D,27D,28D,29D,30D,31D. The molecule has 4 heterocycles. The molecule has 0 atom stereocenters. The first-order chi connectivity index (χ1) is 35.7. The molecule has 0 amide bonds. The van der Waals surface area contributed by atoms with Gasteiger partial charge in [-0.25, -0.2) is 4.85 Å². The number of hydrogen-bond acceptors (Lipinski definition) is 3. The van der Waals surface area contributed by atoms with Crippen LogP contribution in [0.3, 0.4) is 0 Å². The topological polar surface area (TPSA) is 38.0 Å². The number of aromatic nitrogens is 2. The Kier molecular flexibility index (Phi) is 5.33. The lowest BCUT2D eigenvalue weighted by molar-refractivity contribution is 1.14. The van der Waals surface area contributed by atoms with Crippen molar-refractivity contribution in [2.75, 3.05) is 0 Å². The molecule has 0 N–H and O–H groups in total. The fourth-order valence-electron chi connectivity index (χ4n) is 9.23. The van der Waals surface area contributed by atoms with Crippen molar-refractivity contribution in [3.63, 3.8) is 0 Å². The van der Waals surface area contributed by atoms with Crippen LogP contribution in [0.25, 0.3) is 122 Å². The molecular formula is C56H30N4S2. The normalized spacial score (nSPS) is 14.5. The van der Waals surface area contributed by atoms with Gasteiger partial charge in [-0.3, -0.25) is 0 Å². The number of thiophene rings is 2. The molecule has 13 rings (SSSR count). The monoisotopic (exact) mass is 834 g/mol. The van der Waals surface area contributed by atoms with E-state index in [9.17, 15) is 20.1 Å². The quantitative estimate of drug-likeness (QED) is 0.163. The minimum absolute atomic E-state index is 0.00792. The Bertz CT molecular complexity index is 4620. The summed E-state index contributed by atoms with van der Waals surface area (Å²) in [5.74, 6) is 0. The summed E-state index contributed by atoms with van der Waals surface area (Å²) in [6.45, 7) is 9.20. The maximum Gasteiger partial charge on any atom is 0.220 e. The molecule has 13 aromatic rings. The van der Waals surface area contributed by atoms with Crippen molar-refractivity contribution >= 4 is 112 Å². The van der Waals surface area contributed by atoms with Gasteiger partial charge in [0.25, 0.3) is 0 Å². The molecular weight excluding hydrogens is 793 g/mol. The summed E-state index contributed by atoms with van der Waals surface area (Å²) >= 11 is 1.95. The minimum Gasteiger partial charge on any atom is -0.318 e. The van der Waals surface area contributed by atoms with Crippen molar-refractivity contribution in [1.29, 1.82) is 5.26 Å². The lowest BCUT2D eigenvalue weighted by Gasteiger charge is -2.26. The first-order valence-corrected chi connectivity index (χ1v) is 21.2. The summed E-state index contributed by atoms with van der Waals surface area (Å²) in [5, 5.41) is 14.0. The molecule has 0 radical (unpaired) electrons. The molecule has 0 spiro atoms. The van der Waals surface area contributed by atoms with Crippen LogP contribution in [0, 0.1) is 17.9 Å². The van der Waals surface area contributed by atoms with Crippen LogP contribution in [-0.2, 0) is 0 Å². The average molecular weight is 835 g/mol. The van der Waals surface area contributed by atoms with Crippen molar-refractivity contribution in [1.82, 2.24) is 9.13 Å². The highest BCUT2D eigenvalue weighted by Gasteiger charge is 2.32. The van der Waals surface area contributed by atoms with Crippen LogP contribution < -0.4 is 0 Å². The third-order valence-electron chi connectivity index (χ3n) is 11.7. The van der Waals surface area contributed by atoms with Crippen LogP contribution >= 0.6 is 22.7 Å². The van der Waals surface area contributed by atoms with Gasteiger partial charge in [0, 0.05) is 63.6 Å². The molecule has 9 aromatic carbocycles. The predicted molar refractivity (Wildman–Crippen MR) is 263 cm³/mol. The molecule has 62 heavy (non-hydrogen) atoms. The highest BCUT2D eigenvalue weighted by atomic mass is 32.1. The van der Waals surface area contributed by atoms with E-state index in [1.807, 2.05) is 89.5 Å². The van der Waals surface area contributed by atoms with E-state index in [4.69, 9.17) is 8.22 Å². The number of para-hydroxylation sites is 2. The molecule has 0 saturated heterocycles. The zero-order valence-corrected chi connectivity index (χ0v) is 33.6. The zero-order chi connectivity index (χ0) is 51.5. The van der Waals surface area contributed by atoms with Gasteiger partial charge in [0.15, 0.2) is 0 Å². The van der Waals surface area contributed by atoms with Crippen LogP contribution in [-0.4, -0.2) is 9.13 Å². The highest BCUT2D eigenvalue weighted by Crippen LogP contribution is 2.54. The average Bonchev–Trinajstić information content (AvgIpc) is 4.20. The van der Waals surface area contributed by atoms with Crippen LogP contribution in [0.15, 0.2) is 182 Å². The second-order valence-electron chi connectivity index (χ2n) is 14.8. The van der Waals surface area contributed by atoms with E-state index >= 15 is 0 Å². The second-order valence-corrected chi connectivity index (χ2v) is 16.8. The molecule has 286 valence electrons. The third-order valence-corrected chi connectivity index (χ3v) is 13.9. The van der Waals surface area contributed by atoms with E-state index in [2.05, 4.69) is 10.9 Å². The van der Waals surface area contributed by atoms with Crippen molar-refractivity contribution in [3.8, 4) is 39.7 Å². The molecule has 6 heteroatoms. The number of benzene rings is 9. The zero-order valence-electron chi connectivity index (χ0n) is 44.0. The second kappa shape index (κ2) is 13.2. The van der Waals surface area contributed by atoms with Crippen molar-refractivity contribution in [2.24, 2.45) is 0 Å². The van der Waals surface area contributed by atoms with E-state index in [-0.39, 0.29) is 96.7 Å². The first kappa shape index (κ1) is 24.9. The Labute approximate surface area is 380 Å². The van der Waals surface area contributed by atoms with E-state index in [0.717, 1.165) is 44.5 Å². The van der Waals surface area contributed by atoms with Gasteiger partial charge in [-0.15, -0.1) is 22.7 Å². The summed E-state index contributed by atoms with van der Waals surface area (Å²) in [7, 11) is 0. The number of fused-ring (bicyclic) bond motifs is 14. The Balaban J connectivity index is 1.43. The molecule has 0 fully saturated rings. The lowest BCUT2D eigenvalue weighted by atomic mass is 9.88. The molecule has 0 unspecified atom stereocenters. The van der Waals surface area contributed by atoms with Gasteiger partial charge in [-0.2, -0.15) is 5.26 Å². The van der Waals surface area contributed by atoms with E-state index in [1.165, 1.54) is 0 Å². The lowest BCUT2D eigenvalue weighted by Crippen LogP contribution is -2.09. The fraction of sp³-hybridized carbons (Fsp3) is 0. The van der Waals surface area contributed by atoms with Crippen LogP contribution in [0.4, 0.5) is 5.69 Å². The Morgan fingerprint density at radius 1 is 0.484 bits per heavy atom. The Morgan fingerprint density at radius 2 is 0.952 bits per heavy atom. The smallest absolute Gasteiger partial charge is 0.220 e. The van der Waals surface area contributed by atoms with Crippen LogP contribution in [0.2, 0.25) is 0 Å². The Morgan fingerprint density at radius 3 is 1.47 bits per heavy atom. The van der Waals surface area contributed by atoms with E-state index in [1.54, 1.807) is 28.8 Å². The highest BCUT2D eigenvalue weighted by molar-refractivity contribution is 7.27. The van der Waals surface area contributed by atoms with Crippen LogP contribution in [0.1, 0.15) is 22.0 Å². The molecule has 0 bridgehead atoms. The van der Waals surface area contributed by atoms with Gasteiger partial charge in [-0.05, 0) is 35.3 Å². The summed E-state index contributed by atoms with van der Waals surface area (Å²) < 4.78 is 116. The third kappa shape index (κ3) is 4.68. The van der Waals surface area contributed by atoms with E-state index < -0.39 is 60.4 Å². The SMILES string of the molecule is [2H]c1c([2H])c([2H])c2c(sc3c2c([2H])c([2H])c2c4c([2H])c([2H])c5c(sc6c([2H])c([2H])c([2H])c([2H])c65)c4n(-c4c(C#N)c(-c5ccccc5)c([N+]#[C-])c(-n5c6ccccc6c6ccccc65)c4-c4ccccc4)c32)c1[2H]. The minimum atomic E-state index is -0.538. The maximum atomic E-state index is 12.1. The molecule has 0 saturated carbocycles. The maximum absolute atomic E-state index is 12.1. The Hall–Kier alpha value is -8.00. The van der Waals surface area contributed by atoms with Crippen molar-refractivity contribution in [3.05, 3.63) is 199 Å². The number of nitrogens with zero attached hydrogens (tertiary/aromatic N) is 4. The van der Waals surface area contributed by atoms with Gasteiger partial charge < -0.3 is 9.13 Å².